The molecule has 216 valence electrons. The van der Waals surface area contributed by atoms with E-state index in [1.165, 1.54) is 0 Å². The number of nitrogens with zero attached hydrogens (tertiary/aromatic N) is 2. The molecule has 3 heterocycles. The fourth-order valence-corrected chi connectivity index (χ4v) is 5.94. The molecular weight excluding hydrogens is 533 g/mol. The Labute approximate surface area is 237 Å². The van der Waals surface area contributed by atoms with Crippen molar-refractivity contribution in [3.63, 3.8) is 0 Å². The second-order valence-corrected chi connectivity index (χ2v) is 11.1. The van der Waals surface area contributed by atoms with Crippen LogP contribution in [-0.4, -0.2) is 53.5 Å². The number of carbonyl (C=O) groups excluding carboxylic acids is 2. The minimum Gasteiger partial charge on any atom is -0.372 e. The molecule has 1 aromatic heterocycles. The number of hydrogen-bond donors (Lipinski definition) is 2. The van der Waals surface area contributed by atoms with Gasteiger partial charge in [-0.25, -0.2) is 0 Å². The Morgan fingerprint density at radius 1 is 1.12 bits per heavy atom. The van der Waals surface area contributed by atoms with E-state index in [1.54, 1.807) is 44.3 Å². The summed E-state index contributed by atoms with van der Waals surface area (Å²) in [5.41, 5.74) is 0.145. The zero-order valence-corrected chi connectivity index (χ0v) is 23.0. The van der Waals surface area contributed by atoms with Gasteiger partial charge >= 0.3 is 6.18 Å². The molecule has 2 aromatic carbocycles. The van der Waals surface area contributed by atoms with Crippen LogP contribution >= 0.6 is 0 Å². The number of ether oxygens (including phenoxy) is 1. The van der Waals surface area contributed by atoms with E-state index >= 15 is 0 Å². The summed E-state index contributed by atoms with van der Waals surface area (Å²) in [6.07, 6.45) is -2.35. The number of amides is 2. The van der Waals surface area contributed by atoms with Gasteiger partial charge in [-0.15, -0.1) is 0 Å². The maximum absolute atomic E-state index is 13.5. The second-order valence-electron chi connectivity index (χ2n) is 11.1. The molecular formula is C31H33F3N4O3. The number of piperazine rings is 1. The van der Waals surface area contributed by atoms with Crippen LogP contribution in [0.25, 0.3) is 0 Å². The molecule has 0 saturated carbocycles. The van der Waals surface area contributed by atoms with Crippen molar-refractivity contribution < 1.29 is 27.5 Å². The highest BCUT2D eigenvalue weighted by molar-refractivity contribution is 5.92. The topological polar surface area (TPSA) is 83.6 Å². The number of halogens is 3. The molecule has 0 radical (unpaired) electrons. The lowest BCUT2D eigenvalue weighted by atomic mass is 9.73. The van der Waals surface area contributed by atoms with Crippen molar-refractivity contribution in [2.75, 3.05) is 26.2 Å². The molecule has 0 spiro atoms. The molecule has 0 aliphatic carbocycles. The number of aryl methyl sites for hydroxylation is 1. The number of aromatic nitrogens is 1. The van der Waals surface area contributed by atoms with E-state index in [-0.39, 0.29) is 31.5 Å². The first-order chi connectivity index (χ1) is 19.5. The summed E-state index contributed by atoms with van der Waals surface area (Å²) in [7, 11) is 0. The molecule has 2 saturated heterocycles. The fourth-order valence-electron chi connectivity index (χ4n) is 5.94. The van der Waals surface area contributed by atoms with E-state index < -0.39 is 28.9 Å². The molecule has 2 aliphatic rings. The molecule has 3 aromatic rings. The maximum atomic E-state index is 13.5. The maximum Gasteiger partial charge on any atom is 0.416 e. The standard InChI is InChI=1S/C31H33F3N4O3/c1-21-14-23(16-25(15-21)31(32,33)34)22(2)41-20-30(24-8-4-3-5-9-24)12-11-29(19-38(30)17-27(39)37-29)18-36-28(40)26-10-6-7-13-35-26/h3-10,13-16,22H,11-12,17-20H2,1-2H3,(H,36,40)(H,37,39)/t22-,29+,30-/m1/s1. The fraction of sp³-hybridized carbons (Fsp3) is 0.387. The number of carbonyl (C=O) groups is 2. The molecule has 5 rings (SSSR count). The van der Waals surface area contributed by atoms with Crippen LogP contribution in [0, 0.1) is 6.92 Å². The summed E-state index contributed by atoms with van der Waals surface area (Å²) in [4.78, 5) is 31.9. The first-order valence-corrected chi connectivity index (χ1v) is 13.6. The van der Waals surface area contributed by atoms with Crippen LogP contribution in [0.3, 0.4) is 0 Å². The number of hydrogen-bond acceptors (Lipinski definition) is 5. The van der Waals surface area contributed by atoms with Gasteiger partial charge in [0, 0.05) is 19.3 Å². The van der Waals surface area contributed by atoms with Gasteiger partial charge in [-0.05, 0) is 62.1 Å². The Morgan fingerprint density at radius 2 is 1.88 bits per heavy atom. The largest absolute Gasteiger partial charge is 0.416 e. The quantitative estimate of drug-likeness (QED) is 0.410. The Bertz CT molecular complexity index is 1400. The van der Waals surface area contributed by atoms with Crippen LogP contribution in [0.15, 0.2) is 72.9 Å². The van der Waals surface area contributed by atoms with Crippen molar-refractivity contribution >= 4 is 11.8 Å². The zero-order chi connectivity index (χ0) is 29.3. The summed E-state index contributed by atoms with van der Waals surface area (Å²) >= 11 is 0. The van der Waals surface area contributed by atoms with Gasteiger partial charge in [-0.1, -0.05) is 48.0 Å². The molecule has 2 N–H and O–H groups in total. The minimum atomic E-state index is -4.45. The molecule has 2 amide bonds. The summed E-state index contributed by atoms with van der Waals surface area (Å²) in [5.74, 6) is -0.482. The predicted octanol–water partition coefficient (Wildman–Crippen LogP) is 4.78. The van der Waals surface area contributed by atoms with Crippen molar-refractivity contribution in [1.82, 2.24) is 20.5 Å². The van der Waals surface area contributed by atoms with Crippen molar-refractivity contribution in [2.24, 2.45) is 0 Å². The molecule has 2 bridgehead atoms. The molecule has 41 heavy (non-hydrogen) atoms. The van der Waals surface area contributed by atoms with E-state index in [0.29, 0.717) is 36.2 Å². The van der Waals surface area contributed by atoms with E-state index in [2.05, 4.69) is 20.5 Å². The Balaban J connectivity index is 1.38. The van der Waals surface area contributed by atoms with Crippen LogP contribution in [0.2, 0.25) is 0 Å². The van der Waals surface area contributed by atoms with E-state index in [9.17, 15) is 22.8 Å². The van der Waals surface area contributed by atoms with Crippen LogP contribution in [0.5, 0.6) is 0 Å². The third kappa shape index (κ3) is 6.13. The third-order valence-electron chi connectivity index (χ3n) is 8.12. The molecule has 10 heteroatoms. The van der Waals surface area contributed by atoms with Crippen molar-refractivity contribution in [3.05, 3.63) is 101 Å². The minimum absolute atomic E-state index is 0.130. The smallest absolute Gasteiger partial charge is 0.372 e. The van der Waals surface area contributed by atoms with E-state index in [4.69, 9.17) is 4.74 Å². The van der Waals surface area contributed by atoms with Gasteiger partial charge in [0.1, 0.15) is 5.69 Å². The van der Waals surface area contributed by atoms with Gasteiger partial charge < -0.3 is 15.4 Å². The Morgan fingerprint density at radius 3 is 2.59 bits per heavy atom. The van der Waals surface area contributed by atoms with Crippen LogP contribution in [0.1, 0.15) is 58.6 Å². The van der Waals surface area contributed by atoms with Crippen LogP contribution in [-0.2, 0) is 21.2 Å². The Kier molecular flexibility index (Phi) is 7.89. The first-order valence-electron chi connectivity index (χ1n) is 13.6. The van der Waals surface area contributed by atoms with Gasteiger partial charge in [-0.3, -0.25) is 19.5 Å². The average molecular weight is 567 g/mol. The number of fused-ring (bicyclic) bond motifs is 2. The highest BCUT2D eigenvalue weighted by Gasteiger charge is 2.53. The first kappa shape index (κ1) is 28.8. The monoisotopic (exact) mass is 566 g/mol. The lowest BCUT2D eigenvalue weighted by Gasteiger charge is -2.57. The van der Waals surface area contributed by atoms with Crippen molar-refractivity contribution in [3.8, 4) is 0 Å². The van der Waals surface area contributed by atoms with Gasteiger partial charge in [0.2, 0.25) is 5.91 Å². The van der Waals surface area contributed by atoms with Gasteiger partial charge in [0.25, 0.3) is 5.91 Å². The molecule has 2 aliphatic heterocycles. The van der Waals surface area contributed by atoms with Gasteiger partial charge in [0.05, 0.1) is 35.9 Å². The summed E-state index contributed by atoms with van der Waals surface area (Å²) in [6, 6.07) is 18.8. The third-order valence-corrected chi connectivity index (χ3v) is 8.12. The van der Waals surface area contributed by atoms with Crippen molar-refractivity contribution in [2.45, 2.75) is 50.0 Å². The Hall–Kier alpha value is -3.76. The zero-order valence-electron chi connectivity index (χ0n) is 23.0. The number of rotatable bonds is 8. The lowest BCUT2D eigenvalue weighted by Crippen LogP contribution is -2.74. The average Bonchev–Trinajstić information content (AvgIpc) is 2.95. The second kappa shape index (κ2) is 11.3. The normalized spacial score (nSPS) is 24.8. The lowest BCUT2D eigenvalue weighted by molar-refractivity contribution is -0.143. The van der Waals surface area contributed by atoms with Gasteiger partial charge in [0.15, 0.2) is 0 Å². The molecule has 1 unspecified atom stereocenters. The summed E-state index contributed by atoms with van der Waals surface area (Å²) < 4.78 is 46.8. The summed E-state index contributed by atoms with van der Waals surface area (Å²) in [6.45, 7) is 4.39. The number of alkyl halides is 3. The highest BCUT2D eigenvalue weighted by atomic mass is 19.4. The number of piperidine rings is 1. The number of nitrogens with one attached hydrogen (secondary N) is 2. The van der Waals surface area contributed by atoms with E-state index in [1.807, 2.05) is 30.3 Å². The predicted molar refractivity (Wildman–Crippen MR) is 147 cm³/mol. The summed E-state index contributed by atoms with van der Waals surface area (Å²) in [5, 5.41) is 6.04. The molecule has 7 nitrogen and oxygen atoms in total. The van der Waals surface area contributed by atoms with Crippen molar-refractivity contribution in [1.29, 1.82) is 0 Å². The number of benzene rings is 2. The SMILES string of the molecule is Cc1cc([C@@H](C)OC[C@@]2(c3ccccc3)CC[C@]3(CNC(=O)c4ccccn4)CN2CC(=O)N3)cc(C(F)(F)F)c1. The molecule has 4 atom stereocenters. The van der Waals surface area contributed by atoms with Gasteiger partial charge in [-0.2, -0.15) is 13.2 Å². The van der Waals surface area contributed by atoms with Crippen LogP contribution < -0.4 is 10.6 Å². The van der Waals surface area contributed by atoms with E-state index in [0.717, 1.165) is 17.7 Å². The highest BCUT2D eigenvalue weighted by Crippen LogP contribution is 2.43. The molecule has 2 fully saturated rings. The van der Waals surface area contributed by atoms with Crippen LogP contribution in [0.4, 0.5) is 13.2 Å². The number of pyridine rings is 1.